The molecule has 20 heavy (non-hydrogen) atoms. The molecule has 0 spiro atoms. The van der Waals surface area contributed by atoms with Gasteiger partial charge in [-0.3, -0.25) is 4.79 Å². The Labute approximate surface area is 119 Å². The van der Waals surface area contributed by atoms with Gasteiger partial charge in [-0.1, -0.05) is 0 Å². The van der Waals surface area contributed by atoms with E-state index in [1.54, 1.807) is 10.6 Å². The van der Waals surface area contributed by atoms with Crippen molar-refractivity contribution in [2.75, 3.05) is 0 Å². The molecule has 4 saturated carbocycles. The van der Waals surface area contributed by atoms with Gasteiger partial charge in [0.15, 0.2) is 0 Å². The van der Waals surface area contributed by atoms with Crippen molar-refractivity contribution in [2.45, 2.75) is 45.1 Å². The molecule has 4 bridgehead atoms. The maximum absolute atomic E-state index is 12.3. The zero-order valence-electron chi connectivity index (χ0n) is 11.7. The molecular weight excluding hydrogens is 248 g/mol. The number of pyridine rings is 1. The lowest BCUT2D eigenvalue weighted by molar-refractivity contribution is -0.0623. The summed E-state index contributed by atoms with van der Waals surface area (Å²) in [7, 11) is 0. The average Bonchev–Trinajstić information content (AvgIpc) is 2.39. The number of hydrogen-bond acceptors (Lipinski definition) is 2. The number of rotatable bonds is 2. The molecule has 0 N–H and O–H groups in total. The molecule has 0 atom stereocenters. The van der Waals surface area contributed by atoms with Crippen LogP contribution in [0.25, 0.3) is 0 Å². The fourth-order valence-electron chi connectivity index (χ4n) is 5.59. The highest BCUT2D eigenvalue weighted by Crippen LogP contribution is 2.60. The molecule has 1 aromatic heterocycles. The summed E-state index contributed by atoms with van der Waals surface area (Å²) >= 11 is 0. The van der Waals surface area contributed by atoms with Gasteiger partial charge in [-0.25, -0.2) is 0 Å². The zero-order chi connectivity index (χ0) is 13.7. The highest BCUT2D eigenvalue weighted by Gasteiger charge is 2.50. The lowest BCUT2D eigenvalue weighted by Gasteiger charge is -2.57. The van der Waals surface area contributed by atoms with Gasteiger partial charge in [-0.05, 0) is 73.8 Å². The quantitative estimate of drug-likeness (QED) is 0.828. The monoisotopic (exact) mass is 268 g/mol. The smallest absolute Gasteiger partial charge is 0.268 e. The first kappa shape index (κ1) is 12.2. The van der Waals surface area contributed by atoms with E-state index in [4.69, 9.17) is 5.26 Å². The van der Waals surface area contributed by atoms with E-state index in [9.17, 15) is 4.79 Å². The van der Waals surface area contributed by atoms with Crippen LogP contribution in [0.15, 0.2) is 23.1 Å². The van der Waals surface area contributed by atoms with E-state index in [1.807, 2.05) is 18.3 Å². The zero-order valence-corrected chi connectivity index (χ0v) is 11.7. The van der Waals surface area contributed by atoms with Crippen molar-refractivity contribution >= 4 is 0 Å². The van der Waals surface area contributed by atoms with Crippen molar-refractivity contribution in [3.05, 3.63) is 34.2 Å². The van der Waals surface area contributed by atoms with Gasteiger partial charge in [0.05, 0.1) is 0 Å². The van der Waals surface area contributed by atoms with Crippen molar-refractivity contribution in [3.63, 3.8) is 0 Å². The first-order valence-electron chi connectivity index (χ1n) is 7.77. The Morgan fingerprint density at radius 1 is 1.20 bits per heavy atom. The maximum atomic E-state index is 12.3. The summed E-state index contributed by atoms with van der Waals surface area (Å²) in [5, 5.41) is 9.01. The van der Waals surface area contributed by atoms with Crippen LogP contribution in [0.1, 0.15) is 44.1 Å². The molecule has 0 aliphatic heterocycles. The van der Waals surface area contributed by atoms with Crippen LogP contribution < -0.4 is 5.56 Å². The van der Waals surface area contributed by atoms with Gasteiger partial charge in [0, 0.05) is 12.7 Å². The van der Waals surface area contributed by atoms with Gasteiger partial charge in [0.25, 0.3) is 5.56 Å². The van der Waals surface area contributed by atoms with Crippen LogP contribution in [-0.4, -0.2) is 4.57 Å². The van der Waals surface area contributed by atoms with E-state index in [0.717, 1.165) is 24.3 Å². The van der Waals surface area contributed by atoms with Gasteiger partial charge in [-0.2, -0.15) is 5.26 Å². The Hall–Kier alpha value is -1.56. The van der Waals surface area contributed by atoms with Gasteiger partial charge in [-0.15, -0.1) is 0 Å². The Kier molecular flexibility index (Phi) is 2.57. The molecule has 3 heteroatoms. The van der Waals surface area contributed by atoms with Crippen LogP contribution in [0.5, 0.6) is 0 Å². The molecule has 3 nitrogen and oxygen atoms in total. The van der Waals surface area contributed by atoms with Gasteiger partial charge in [0.2, 0.25) is 0 Å². The number of nitriles is 1. The Morgan fingerprint density at radius 3 is 2.35 bits per heavy atom. The minimum Gasteiger partial charge on any atom is -0.314 e. The van der Waals surface area contributed by atoms with Crippen molar-refractivity contribution in [2.24, 2.45) is 23.2 Å². The van der Waals surface area contributed by atoms with Gasteiger partial charge < -0.3 is 4.57 Å². The lowest BCUT2D eigenvalue weighted by Crippen LogP contribution is -2.48. The molecule has 104 valence electrons. The summed E-state index contributed by atoms with van der Waals surface area (Å²) < 4.78 is 1.80. The molecule has 4 fully saturated rings. The minimum atomic E-state index is -0.106. The molecule has 5 rings (SSSR count). The average molecular weight is 268 g/mol. The summed E-state index contributed by atoms with van der Waals surface area (Å²) in [4.78, 5) is 12.3. The molecule has 4 aliphatic carbocycles. The standard InChI is InChI=1S/C17H20N2O/c18-10-15-2-1-3-19(16(15)20)11-17-7-12-4-13(8-17)6-14(5-12)9-17/h1-3,12-14H,4-9,11H2. The third-order valence-corrected chi connectivity index (χ3v) is 5.81. The van der Waals surface area contributed by atoms with Crippen molar-refractivity contribution in [3.8, 4) is 6.07 Å². The fraction of sp³-hybridized carbons (Fsp3) is 0.647. The molecule has 1 heterocycles. The normalized spacial score (nSPS) is 37.9. The van der Waals surface area contributed by atoms with Crippen LogP contribution in [0, 0.1) is 34.5 Å². The Morgan fingerprint density at radius 2 is 1.80 bits per heavy atom. The van der Waals surface area contributed by atoms with Crippen LogP contribution in [0.2, 0.25) is 0 Å². The fourth-order valence-corrected chi connectivity index (χ4v) is 5.59. The molecule has 0 unspecified atom stereocenters. The van der Waals surface area contributed by atoms with Crippen molar-refractivity contribution in [1.82, 2.24) is 4.57 Å². The molecule has 1 aromatic rings. The number of hydrogen-bond donors (Lipinski definition) is 0. The summed E-state index contributed by atoms with van der Waals surface area (Å²) in [6.07, 6.45) is 10.0. The summed E-state index contributed by atoms with van der Waals surface area (Å²) in [6.45, 7) is 0.824. The second-order valence-corrected chi connectivity index (χ2v) is 7.38. The lowest BCUT2D eigenvalue weighted by atomic mass is 9.49. The predicted molar refractivity (Wildman–Crippen MR) is 76.0 cm³/mol. The predicted octanol–water partition coefficient (Wildman–Crippen LogP) is 2.94. The van der Waals surface area contributed by atoms with Gasteiger partial charge in [0.1, 0.15) is 11.6 Å². The highest BCUT2D eigenvalue weighted by molar-refractivity contribution is 5.25. The van der Waals surface area contributed by atoms with E-state index in [2.05, 4.69) is 0 Å². The SMILES string of the molecule is N#Cc1cccn(CC23CC4CC(CC(C4)C2)C3)c1=O. The molecular formula is C17H20N2O. The summed E-state index contributed by atoms with van der Waals surface area (Å²) in [6, 6.07) is 5.47. The van der Waals surface area contributed by atoms with Crippen LogP contribution >= 0.6 is 0 Å². The first-order valence-corrected chi connectivity index (χ1v) is 7.77. The second kappa shape index (κ2) is 4.22. The van der Waals surface area contributed by atoms with E-state index in [0.29, 0.717) is 5.41 Å². The van der Waals surface area contributed by atoms with E-state index < -0.39 is 0 Å². The summed E-state index contributed by atoms with van der Waals surface area (Å²) in [5.41, 5.74) is 0.509. The Bertz CT molecular complexity index is 602. The van der Waals surface area contributed by atoms with E-state index >= 15 is 0 Å². The molecule has 0 radical (unpaired) electrons. The van der Waals surface area contributed by atoms with Crippen molar-refractivity contribution < 1.29 is 0 Å². The molecule has 0 amide bonds. The van der Waals surface area contributed by atoms with Crippen LogP contribution in [0.3, 0.4) is 0 Å². The van der Waals surface area contributed by atoms with Crippen LogP contribution in [0.4, 0.5) is 0 Å². The topological polar surface area (TPSA) is 45.8 Å². The molecule has 0 aromatic carbocycles. The number of aromatic nitrogens is 1. The Balaban J connectivity index is 1.67. The van der Waals surface area contributed by atoms with Gasteiger partial charge >= 0.3 is 0 Å². The maximum Gasteiger partial charge on any atom is 0.268 e. The van der Waals surface area contributed by atoms with E-state index in [-0.39, 0.29) is 11.1 Å². The number of nitrogens with zero attached hydrogens (tertiary/aromatic N) is 2. The van der Waals surface area contributed by atoms with E-state index in [1.165, 1.54) is 38.5 Å². The van der Waals surface area contributed by atoms with Crippen molar-refractivity contribution in [1.29, 1.82) is 5.26 Å². The second-order valence-electron chi connectivity index (χ2n) is 7.38. The molecule has 4 aliphatic rings. The third kappa shape index (κ3) is 1.82. The largest absolute Gasteiger partial charge is 0.314 e. The third-order valence-electron chi connectivity index (χ3n) is 5.81. The minimum absolute atomic E-state index is 0.106. The highest BCUT2D eigenvalue weighted by atomic mass is 16.1. The summed E-state index contributed by atoms with van der Waals surface area (Å²) in [5.74, 6) is 2.70. The first-order chi connectivity index (χ1) is 9.67. The van der Waals surface area contributed by atoms with Crippen LogP contribution in [-0.2, 0) is 6.54 Å². The molecule has 0 saturated heterocycles.